The van der Waals surface area contributed by atoms with Crippen LogP contribution in [0.4, 0.5) is 4.39 Å². The van der Waals surface area contributed by atoms with Gasteiger partial charge in [0.05, 0.1) is 0 Å². The Morgan fingerprint density at radius 1 is 1.47 bits per heavy atom. The third-order valence-electron chi connectivity index (χ3n) is 2.03. The fraction of sp³-hybridized carbons (Fsp3) is 0.455. The number of hydrogen-bond acceptors (Lipinski definition) is 2. The van der Waals surface area contributed by atoms with E-state index in [-0.39, 0.29) is 11.9 Å². The molecule has 1 aromatic carbocycles. The van der Waals surface area contributed by atoms with Gasteiger partial charge >= 0.3 is 0 Å². The Kier molecular flexibility index (Phi) is 5.05. The summed E-state index contributed by atoms with van der Waals surface area (Å²) in [6, 6.07) is 4.57. The van der Waals surface area contributed by atoms with Gasteiger partial charge in [-0.3, -0.25) is 0 Å². The molecule has 1 aromatic rings. The predicted octanol–water partition coefficient (Wildman–Crippen LogP) is 2.97. The van der Waals surface area contributed by atoms with Crippen LogP contribution in [0.5, 0.6) is 5.75 Å². The molecule has 1 atom stereocenters. The van der Waals surface area contributed by atoms with Gasteiger partial charge in [0.2, 0.25) is 0 Å². The van der Waals surface area contributed by atoms with Gasteiger partial charge in [-0.05, 0) is 25.6 Å². The van der Waals surface area contributed by atoms with E-state index >= 15 is 0 Å². The molecule has 15 heavy (non-hydrogen) atoms. The second-order valence-electron chi connectivity index (χ2n) is 3.31. The summed E-state index contributed by atoms with van der Waals surface area (Å²) in [4.78, 5) is 0. The van der Waals surface area contributed by atoms with Crippen molar-refractivity contribution in [1.82, 2.24) is 5.32 Å². The van der Waals surface area contributed by atoms with Crippen LogP contribution >= 0.6 is 15.9 Å². The minimum Gasteiger partial charge on any atom is -0.489 e. The van der Waals surface area contributed by atoms with E-state index in [1.165, 1.54) is 12.1 Å². The molecule has 0 aliphatic heterocycles. The Bertz CT molecular complexity index is 299. The molecular formula is C11H15BrFNO. The summed E-state index contributed by atoms with van der Waals surface area (Å²) in [5.41, 5.74) is 0. The van der Waals surface area contributed by atoms with Gasteiger partial charge in [-0.2, -0.15) is 0 Å². The number of nitrogens with one attached hydrogen (secondary N) is 1. The Morgan fingerprint density at radius 2 is 2.20 bits per heavy atom. The Morgan fingerprint density at radius 3 is 2.73 bits per heavy atom. The molecule has 0 saturated carbocycles. The topological polar surface area (TPSA) is 21.3 Å². The lowest BCUT2D eigenvalue weighted by Crippen LogP contribution is -2.28. The second kappa shape index (κ2) is 6.08. The summed E-state index contributed by atoms with van der Waals surface area (Å²) < 4.78 is 19.4. The maximum atomic E-state index is 13.0. The quantitative estimate of drug-likeness (QED) is 0.892. The lowest BCUT2D eigenvalue weighted by molar-refractivity contribution is 0.195. The standard InChI is InChI=1S/C11H15BrFNO/c1-3-10(7-14-2)15-11-5-8(12)4-9(13)6-11/h4-6,10,14H,3,7H2,1-2H3. The molecule has 84 valence electrons. The van der Waals surface area contributed by atoms with Crippen LogP contribution in [-0.4, -0.2) is 19.7 Å². The van der Waals surface area contributed by atoms with Gasteiger partial charge in [0.1, 0.15) is 17.7 Å². The van der Waals surface area contributed by atoms with Crippen molar-refractivity contribution in [3.05, 3.63) is 28.5 Å². The Labute approximate surface area is 98.0 Å². The largest absolute Gasteiger partial charge is 0.489 e. The average Bonchev–Trinajstić information content (AvgIpc) is 2.15. The third-order valence-corrected chi connectivity index (χ3v) is 2.48. The zero-order valence-electron chi connectivity index (χ0n) is 8.89. The first-order valence-corrected chi connectivity index (χ1v) is 5.72. The highest BCUT2D eigenvalue weighted by Gasteiger charge is 2.08. The molecule has 1 rings (SSSR count). The van der Waals surface area contributed by atoms with Gasteiger partial charge in [-0.1, -0.05) is 22.9 Å². The van der Waals surface area contributed by atoms with Gasteiger partial charge in [0.15, 0.2) is 0 Å². The van der Waals surface area contributed by atoms with Crippen molar-refractivity contribution in [3.63, 3.8) is 0 Å². The summed E-state index contributed by atoms with van der Waals surface area (Å²) in [7, 11) is 1.87. The Hall–Kier alpha value is -0.610. The van der Waals surface area contributed by atoms with Gasteiger partial charge in [0, 0.05) is 17.1 Å². The number of halogens is 2. The number of ether oxygens (including phenoxy) is 1. The molecule has 1 unspecified atom stereocenters. The SMILES string of the molecule is CCC(CNC)Oc1cc(F)cc(Br)c1. The predicted molar refractivity (Wildman–Crippen MR) is 62.7 cm³/mol. The molecule has 0 aliphatic carbocycles. The molecular weight excluding hydrogens is 261 g/mol. The van der Waals surface area contributed by atoms with Crippen LogP contribution in [-0.2, 0) is 0 Å². The van der Waals surface area contributed by atoms with Gasteiger partial charge in [-0.15, -0.1) is 0 Å². The zero-order chi connectivity index (χ0) is 11.3. The molecule has 0 fully saturated rings. The van der Waals surface area contributed by atoms with E-state index in [0.29, 0.717) is 10.2 Å². The van der Waals surface area contributed by atoms with Gasteiger partial charge in [0.25, 0.3) is 0 Å². The molecule has 0 radical (unpaired) electrons. The summed E-state index contributed by atoms with van der Waals surface area (Å²) in [5.74, 6) is 0.266. The zero-order valence-corrected chi connectivity index (χ0v) is 10.5. The minimum atomic E-state index is -0.293. The molecule has 0 aromatic heterocycles. The van der Waals surface area contributed by atoms with E-state index in [4.69, 9.17) is 4.74 Å². The van der Waals surface area contributed by atoms with Crippen LogP contribution in [0.2, 0.25) is 0 Å². The van der Waals surface area contributed by atoms with E-state index in [1.807, 2.05) is 14.0 Å². The highest BCUT2D eigenvalue weighted by Crippen LogP contribution is 2.21. The van der Waals surface area contributed by atoms with Crippen LogP contribution in [0, 0.1) is 5.82 Å². The van der Waals surface area contributed by atoms with Crippen molar-refractivity contribution in [2.75, 3.05) is 13.6 Å². The van der Waals surface area contributed by atoms with E-state index in [0.717, 1.165) is 13.0 Å². The van der Waals surface area contributed by atoms with Crippen molar-refractivity contribution in [1.29, 1.82) is 0 Å². The van der Waals surface area contributed by atoms with Crippen LogP contribution in [0.3, 0.4) is 0 Å². The molecule has 0 saturated heterocycles. The minimum absolute atomic E-state index is 0.0729. The lowest BCUT2D eigenvalue weighted by Gasteiger charge is -2.17. The fourth-order valence-electron chi connectivity index (χ4n) is 1.29. The molecule has 0 aliphatic rings. The molecule has 4 heteroatoms. The molecule has 0 heterocycles. The van der Waals surface area contributed by atoms with Crippen LogP contribution in [0.1, 0.15) is 13.3 Å². The summed E-state index contributed by atoms with van der Waals surface area (Å²) in [6.45, 7) is 2.79. The summed E-state index contributed by atoms with van der Waals surface area (Å²) in [5, 5.41) is 3.04. The number of likely N-dealkylation sites (N-methyl/N-ethyl adjacent to an activating group) is 1. The second-order valence-corrected chi connectivity index (χ2v) is 4.23. The third kappa shape index (κ3) is 4.18. The highest BCUT2D eigenvalue weighted by atomic mass is 79.9. The van der Waals surface area contributed by atoms with E-state index in [9.17, 15) is 4.39 Å². The molecule has 1 N–H and O–H groups in total. The highest BCUT2D eigenvalue weighted by molar-refractivity contribution is 9.10. The van der Waals surface area contributed by atoms with Crippen LogP contribution < -0.4 is 10.1 Å². The van der Waals surface area contributed by atoms with Gasteiger partial charge in [-0.25, -0.2) is 4.39 Å². The number of rotatable bonds is 5. The van der Waals surface area contributed by atoms with Crippen molar-refractivity contribution in [2.24, 2.45) is 0 Å². The van der Waals surface area contributed by atoms with E-state index in [2.05, 4.69) is 21.2 Å². The average molecular weight is 276 g/mol. The van der Waals surface area contributed by atoms with Crippen molar-refractivity contribution in [3.8, 4) is 5.75 Å². The smallest absolute Gasteiger partial charge is 0.128 e. The maximum Gasteiger partial charge on any atom is 0.128 e. The maximum absolute atomic E-state index is 13.0. The normalized spacial score (nSPS) is 12.5. The lowest BCUT2D eigenvalue weighted by atomic mass is 10.2. The van der Waals surface area contributed by atoms with Crippen molar-refractivity contribution in [2.45, 2.75) is 19.4 Å². The van der Waals surface area contributed by atoms with Crippen molar-refractivity contribution < 1.29 is 9.13 Å². The Balaban J connectivity index is 2.69. The van der Waals surface area contributed by atoms with E-state index in [1.54, 1.807) is 6.07 Å². The van der Waals surface area contributed by atoms with Crippen LogP contribution in [0.15, 0.2) is 22.7 Å². The number of benzene rings is 1. The van der Waals surface area contributed by atoms with Crippen molar-refractivity contribution >= 4 is 15.9 Å². The molecule has 2 nitrogen and oxygen atoms in total. The van der Waals surface area contributed by atoms with Crippen LogP contribution in [0.25, 0.3) is 0 Å². The molecule has 0 bridgehead atoms. The first kappa shape index (κ1) is 12.5. The summed E-state index contributed by atoms with van der Waals surface area (Å²) >= 11 is 3.23. The first-order valence-electron chi connectivity index (χ1n) is 4.93. The molecule has 0 spiro atoms. The fourth-order valence-corrected chi connectivity index (χ4v) is 1.73. The molecule has 0 amide bonds. The summed E-state index contributed by atoms with van der Waals surface area (Å²) in [6.07, 6.45) is 0.957. The van der Waals surface area contributed by atoms with E-state index < -0.39 is 0 Å². The van der Waals surface area contributed by atoms with Gasteiger partial charge < -0.3 is 10.1 Å². The monoisotopic (exact) mass is 275 g/mol. The number of hydrogen-bond donors (Lipinski definition) is 1. The first-order chi connectivity index (χ1) is 7.15.